The maximum Gasteiger partial charge on any atom is 0.335 e. The molecule has 0 saturated carbocycles. The van der Waals surface area contributed by atoms with Gasteiger partial charge < -0.3 is 14.9 Å². The van der Waals surface area contributed by atoms with E-state index in [9.17, 15) is 4.79 Å². The highest BCUT2D eigenvalue weighted by molar-refractivity contribution is 6.29. The number of anilines is 1. The molecule has 0 aliphatic rings. The van der Waals surface area contributed by atoms with Gasteiger partial charge in [0.05, 0.1) is 12.1 Å². The SMILES string of the molecule is O=C(O)c1cc(Cl)nc(NCc2ccon2)c1. The number of carbonyl (C=O) groups is 1. The summed E-state index contributed by atoms with van der Waals surface area (Å²) < 4.78 is 4.66. The van der Waals surface area contributed by atoms with Gasteiger partial charge in [-0.05, 0) is 12.1 Å². The van der Waals surface area contributed by atoms with Crippen LogP contribution in [0.3, 0.4) is 0 Å². The number of aromatic nitrogens is 2. The largest absolute Gasteiger partial charge is 0.478 e. The van der Waals surface area contributed by atoms with E-state index in [0.717, 1.165) is 0 Å². The predicted octanol–water partition coefficient (Wildman–Crippen LogP) is 2.03. The Morgan fingerprint density at radius 3 is 3.00 bits per heavy atom. The van der Waals surface area contributed by atoms with Crippen LogP contribution in [0.15, 0.2) is 29.0 Å². The van der Waals surface area contributed by atoms with E-state index >= 15 is 0 Å². The fourth-order valence-corrected chi connectivity index (χ4v) is 1.43. The standard InChI is InChI=1S/C10H8ClN3O3/c11-8-3-6(10(15)16)4-9(13-8)12-5-7-1-2-17-14-7/h1-4H,5H2,(H,12,13)(H,15,16). The van der Waals surface area contributed by atoms with Crippen molar-refractivity contribution in [2.75, 3.05) is 5.32 Å². The summed E-state index contributed by atoms with van der Waals surface area (Å²) in [5.41, 5.74) is 0.760. The number of hydrogen-bond donors (Lipinski definition) is 2. The van der Waals surface area contributed by atoms with Crippen LogP contribution in [0, 0.1) is 0 Å². The molecule has 0 aromatic carbocycles. The zero-order valence-corrected chi connectivity index (χ0v) is 9.31. The molecule has 88 valence electrons. The molecule has 0 saturated heterocycles. The third kappa shape index (κ3) is 2.94. The number of aromatic carboxylic acids is 1. The summed E-state index contributed by atoms with van der Waals surface area (Å²) in [7, 11) is 0. The number of nitrogens with zero attached hydrogens (tertiary/aromatic N) is 2. The zero-order chi connectivity index (χ0) is 12.3. The Morgan fingerprint density at radius 2 is 2.35 bits per heavy atom. The van der Waals surface area contributed by atoms with Crippen LogP contribution in [0.1, 0.15) is 16.1 Å². The van der Waals surface area contributed by atoms with Crippen LogP contribution in [-0.2, 0) is 6.54 Å². The van der Waals surface area contributed by atoms with Gasteiger partial charge in [-0.15, -0.1) is 0 Å². The maximum atomic E-state index is 10.8. The van der Waals surface area contributed by atoms with Crippen molar-refractivity contribution in [3.63, 3.8) is 0 Å². The number of carboxylic acids is 1. The molecular weight excluding hydrogens is 246 g/mol. The lowest BCUT2D eigenvalue weighted by Gasteiger charge is -2.04. The Balaban J connectivity index is 2.13. The lowest BCUT2D eigenvalue weighted by atomic mass is 10.2. The van der Waals surface area contributed by atoms with Gasteiger partial charge in [-0.3, -0.25) is 0 Å². The Bertz CT molecular complexity index is 528. The Morgan fingerprint density at radius 1 is 1.53 bits per heavy atom. The molecule has 2 heterocycles. The molecule has 2 aromatic heterocycles. The molecule has 7 heteroatoms. The van der Waals surface area contributed by atoms with Crippen LogP contribution in [0.25, 0.3) is 0 Å². The quantitative estimate of drug-likeness (QED) is 0.811. The van der Waals surface area contributed by atoms with E-state index in [4.69, 9.17) is 16.7 Å². The van der Waals surface area contributed by atoms with E-state index in [1.54, 1.807) is 6.07 Å². The molecule has 0 aliphatic carbocycles. The van der Waals surface area contributed by atoms with Crippen molar-refractivity contribution in [3.8, 4) is 0 Å². The second kappa shape index (κ2) is 4.84. The molecule has 17 heavy (non-hydrogen) atoms. The van der Waals surface area contributed by atoms with E-state index < -0.39 is 5.97 Å². The molecule has 0 aliphatic heterocycles. The Hall–Kier alpha value is -2.08. The maximum absolute atomic E-state index is 10.8. The van der Waals surface area contributed by atoms with Gasteiger partial charge in [-0.1, -0.05) is 16.8 Å². The van der Waals surface area contributed by atoms with Gasteiger partial charge in [0.15, 0.2) is 0 Å². The van der Waals surface area contributed by atoms with Crippen LogP contribution in [0.5, 0.6) is 0 Å². The minimum atomic E-state index is -1.06. The minimum Gasteiger partial charge on any atom is -0.478 e. The molecular formula is C10H8ClN3O3. The van der Waals surface area contributed by atoms with Gasteiger partial charge in [0.1, 0.15) is 22.9 Å². The summed E-state index contributed by atoms with van der Waals surface area (Å²) in [6, 6.07) is 4.37. The fourth-order valence-electron chi connectivity index (χ4n) is 1.22. The molecule has 0 amide bonds. The summed E-state index contributed by atoms with van der Waals surface area (Å²) in [6.07, 6.45) is 1.45. The molecule has 0 atom stereocenters. The van der Waals surface area contributed by atoms with Crippen molar-refractivity contribution in [2.45, 2.75) is 6.54 Å². The Labute approximate surface area is 101 Å². The third-order valence-corrected chi connectivity index (χ3v) is 2.18. The van der Waals surface area contributed by atoms with Gasteiger partial charge >= 0.3 is 5.97 Å². The topological polar surface area (TPSA) is 88.2 Å². The number of carboxylic acid groups (broad SMARTS) is 1. The summed E-state index contributed by atoms with van der Waals surface area (Å²) in [5, 5.41) is 15.6. The highest BCUT2D eigenvalue weighted by atomic mass is 35.5. The van der Waals surface area contributed by atoms with Crippen molar-refractivity contribution in [1.29, 1.82) is 0 Å². The van der Waals surface area contributed by atoms with E-state index in [0.29, 0.717) is 18.1 Å². The number of nitrogens with one attached hydrogen (secondary N) is 1. The highest BCUT2D eigenvalue weighted by Gasteiger charge is 2.07. The zero-order valence-electron chi connectivity index (χ0n) is 8.55. The molecule has 6 nitrogen and oxygen atoms in total. The number of rotatable bonds is 4. The van der Waals surface area contributed by atoms with E-state index in [2.05, 4.69) is 20.0 Å². The first-order valence-corrected chi connectivity index (χ1v) is 5.07. The summed E-state index contributed by atoms with van der Waals surface area (Å²) in [5.74, 6) is -0.684. The van der Waals surface area contributed by atoms with Gasteiger partial charge in [-0.2, -0.15) is 0 Å². The monoisotopic (exact) mass is 253 g/mol. The third-order valence-electron chi connectivity index (χ3n) is 1.98. The molecule has 0 spiro atoms. The normalized spacial score (nSPS) is 10.2. The van der Waals surface area contributed by atoms with Crippen LogP contribution < -0.4 is 5.32 Å². The summed E-state index contributed by atoms with van der Waals surface area (Å²) in [4.78, 5) is 14.7. The first-order valence-electron chi connectivity index (χ1n) is 4.69. The minimum absolute atomic E-state index is 0.0765. The first kappa shape index (κ1) is 11.4. The van der Waals surface area contributed by atoms with Crippen molar-refractivity contribution in [1.82, 2.24) is 10.1 Å². The van der Waals surface area contributed by atoms with Gasteiger partial charge in [0.25, 0.3) is 0 Å². The Kier molecular flexibility index (Phi) is 3.24. The van der Waals surface area contributed by atoms with Crippen LogP contribution in [0.4, 0.5) is 5.82 Å². The van der Waals surface area contributed by atoms with Crippen LogP contribution in [-0.4, -0.2) is 21.2 Å². The van der Waals surface area contributed by atoms with Crippen molar-refractivity contribution in [3.05, 3.63) is 40.9 Å². The molecule has 2 N–H and O–H groups in total. The molecule has 2 aromatic rings. The number of hydrogen-bond acceptors (Lipinski definition) is 5. The van der Waals surface area contributed by atoms with Crippen molar-refractivity contribution in [2.24, 2.45) is 0 Å². The molecule has 0 unspecified atom stereocenters. The smallest absolute Gasteiger partial charge is 0.335 e. The molecule has 0 fully saturated rings. The van der Waals surface area contributed by atoms with Crippen molar-refractivity contribution >= 4 is 23.4 Å². The second-order valence-corrected chi connectivity index (χ2v) is 3.60. The van der Waals surface area contributed by atoms with Gasteiger partial charge in [-0.25, -0.2) is 9.78 Å². The van der Waals surface area contributed by atoms with Crippen molar-refractivity contribution < 1.29 is 14.4 Å². The summed E-state index contributed by atoms with van der Waals surface area (Å²) >= 11 is 5.71. The highest BCUT2D eigenvalue weighted by Crippen LogP contribution is 2.15. The first-order chi connectivity index (χ1) is 8.15. The van der Waals surface area contributed by atoms with Gasteiger partial charge in [0, 0.05) is 6.07 Å². The number of halogens is 1. The van der Waals surface area contributed by atoms with E-state index in [1.807, 2.05) is 0 Å². The molecule has 2 rings (SSSR count). The average Bonchev–Trinajstić information content (AvgIpc) is 2.78. The lowest BCUT2D eigenvalue weighted by molar-refractivity contribution is 0.0697. The van der Waals surface area contributed by atoms with Gasteiger partial charge in [0.2, 0.25) is 0 Å². The van der Waals surface area contributed by atoms with Crippen LogP contribution >= 0.6 is 11.6 Å². The molecule has 0 bridgehead atoms. The summed E-state index contributed by atoms with van der Waals surface area (Å²) in [6.45, 7) is 0.378. The number of pyridine rings is 1. The second-order valence-electron chi connectivity index (χ2n) is 3.21. The van der Waals surface area contributed by atoms with E-state index in [-0.39, 0.29) is 10.7 Å². The van der Waals surface area contributed by atoms with E-state index in [1.165, 1.54) is 18.4 Å². The van der Waals surface area contributed by atoms with Crippen LogP contribution in [0.2, 0.25) is 5.15 Å². The lowest BCUT2D eigenvalue weighted by Crippen LogP contribution is -2.04. The molecule has 0 radical (unpaired) electrons. The average molecular weight is 254 g/mol. The predicted molar refractivity (Wildman–Crippen MR) is 60.0 cm³/mol. The fraction of sp³-hybridized carbons (Fsp3) is 0.100.